The van der Waals surface area contributed by atoms with Crippen LogP contribution in [-0.4, -0.2) is 47.6 Å². The van der Waals surface area contributed by atoms with E-state index in [2.05, 4.69) is 39.0 Å². The molecule has 2 N–H and O–H groups in total. The Kier molecular flexibility index (Phi) is 31.1. The lowest BCUT2D eigenvalue weighted by Crippen LogP contribution is -2.25. The first-order chi connectivity index (χ1) is 21.3. The third-order valence-electron chi connectivity index (χ3n) is 7.67. The van der Waals surface area contributed by atoms with Crippen LogP contribution >= 0.6 is 0 Å². The smallest absolute Gasteiger partial charge is 0.305 e. The summed E-state index contributed by atoms with van der Waals surface area (Å²) in [5.41, 5.74) is 0. The van der Waals surface area contributed by atoms with E-state index >= 15 is 0 Å². The van der Waals surface area contributed by atoms with E-state index < -0.39 is 12.2 Å². The Morgan fingerprint density at radius 2 is 1.05 bits per heavy atom. The predicted octanol–water partition coefficient (Wildman–Crippen LogP) is 9.72. The maximum Gasteiger partial charge on any atom is 0.305 e. The molecule has 256 valence electrons. The number of aliphatic hydroxyl groups is 2. The minimum atomic E-state index is -0.994. The van der Waals surface area contributed by atoms with Crippen LogP contribution in [0.5, 0.6) is 0 Å². The quantitative estimate of drug-likeness (QED) is 0.0347. The molecule has 0 aromatic rings. The lowest BCUT2D eigenvalue weighted by atomic mass is 10.0. The molecule has 0 bridgehead atoms. The maximum atomic E-state index is 11.9. The zero-order chi connectivity index (χ0) is 32.5. The Hall–Kier alpha value is -1.92. The van der Waals surface area contributed by atoms with Crippen LogP contribution in [0, 0.1) is 5.92 Å². The highest BCUT2D eigenvalue weighted by molar-refractivity contribution is 5.69. The molecule has 0 rings (SSSR count). The molecule has 0 fully saturated rings. The Labute approximate surface area is 270 Å². The highest BCUT2D eigenvalue weighted by Gasteiger charge is 2.12. The predicted molar refractivity (Wildman–Crippen MR) is 183 cm³/mol. The molecule has 0 spiro atoms. The van der Waals surface area contributed by atoms with Crippen LogP contribution < -0.4 is 0 Å². The van der Waals surface area contributed by atoms with Crippen molar-refractivity contribution in [2.24, 2.45) is 5.92 Å². The van der Waals surface area contributed by atoms with Crippen molar-refractivity contribution in [3.05, 3.63) is 36.5 Å². The summed E-state index contributed by atoms with van der Waals surface area (Å²) < 4.78 is 10.3. The first kappa shape index (κ1) is 42.1. The first-order valence-corrected chi connectivity index (χ1v) is 18.0. The molecule has 0 amide bonds. The van der Waals surface area contributed by atoms with Crippen LogP contribution in [0.3, 0.4) is 0 Å². The van der Waals surface area contributed by atoms with Crippen LogP contribution in [0.1, 0.15) is 162 Å². The van der Waals surface area contributed by atoms with Crippen molar-refractivity contribution >= 4 is 11.9 Å². The van der Waals surface area contributed by atoms with Crippen molar-refractivity contribution < 1.29 is 29.3 Å². The molecule has 0 saturated carbocycles. The number of aliphatic hydroxyl groups excluding tert-OH is 2. The molecule has 0 heterocycles. The molecule has 2 atom stereocenters. The number of hydrogen-bond acceptors (Lipinski definition) is 6. The molecule has 6 nitrogen and oxygen atoms in total. The highest BCUT2D eigenvalue weighted by atomic mass is 16.6. The number of esters is 2. The fourth-order valence-electron chi connectivity index (χ4n) is 4.92. The molecule has 44 heavy (non-hydrogen) atoms. The third-order valence-corrected chi connectivity index (χ3v) is 7.67. The van der Waals surface area contributed by atoms with Gasteiger partial charge in [-0.25, -0.2) is 0 Å². The Balaban J connectivity index is 3.54. The molecule has 0 aliphatic heterocycles. The molecule has 0 aliphatic rings. The normalized spacial score (nSPS) is 13.4. The second kappa shape index (κ2) is 32.5. The van der Waals surface area contributed by atoms with Crippen LogP contribution in [0.15, 0.2) is 36.5 Å². The van der Waals surface area contributed by atoms with E-state index in [0.29, 0.717) is 12.8 Å². The summed E-state index contributed by atoms with van der Waals surface area (Å²) in [5, 5.41) is 20.0. The summed E-state index contributed by atoms with van der Waals surface area (Å²) in [4.78, 5) is 23.9. The lowest BCUT2D eigenvalue weighted by Gasteiger charge is -2.12. The monoisotopic (exact) mass is 621 g/mol. The summed E-state index contributed by atoms with van der Waals surface area (Å²) in [5.74, 6) is 0.189. The number of carbonyl (C=O) groups excluding carboxylic acids is 2. The van der Waals surface area contributed by atoms with Crippen molar-refractivity contribution in [2.75, 3.05) is 13.2 Å². The van der Waals surface area contributed by atoms with E-state index in [4.69, 9.17) is 9.47 Å². The molecular weight excluding hydrogens is 552 g/mol. The van der Waals surface area contributed by atoms with Crippen molar-refractivity contribution in [1.82, 2.24) is 0 Å². The fraction of sp³-hybridized carbons (Fsp3) is 0.789. The number of allylic oxidation sites excluding steroid dienone is 5. The van der Waals surface area contributed by atoms with E-state index in [0.717, 1.165) is 76.5 Å². The topological polar surface area (TPSA) is 93.1 Å². The summed E-state index contributed by atoms with van der Waals surface area (Å²) in [6.45, 7) is 6.41. The van der Waals surface area contributed by atoms with Crippen molar-refractivity contribution in [1.29, 1.82) is 0 Å². The molecule has 0 saturated heterocycles. The van der Waals surface area contributed by atoms with Gasteiger partial charge >= 0.3 is 11.9 Å². The Morgan fingerprint density at radius 1 is 0.591 bits per heavy atom. The van der Waals surface area contributed by atoms with Crippen LogP contribution in [0.25, 0.3) is 0 Å². The molecule has 0 aromatic heterocycles. The molecule has 1 unspecified atom stereocenters. The van der Waals surface area contributed by atoms with E-state index in [1.54, 1.807) is 0 Å². The zero-order valence-corrected chi connectivity index (χ0v) is 28.7. The molecule has 0 aliphatic carbocycles. The third kappa shape index (κ3) is 33.0. The average molecular weight is 621 g/mol. The maximum absolute atomic E-state index is 11.9. The number of carbonyl (C=O) groups is 2. The zero-order valence-electron chi connectivity index (χ0n) is 28.7. The first-order valence-electron chi connectivity index (χ1n) is 18.0. The largest absolute Gasteiger partial charge is 0.463 e. The van der Waals surface area contributed by atoms with E-state index in [9.17, 15) is 19.8 Å². The van der Waals surface area contributed by atoms with E-state index in [1.807, 2.05) is 18.2 Å². The summed E-state index contributed by atoms with van der Waals surface area (Å²) in [6, 6.07) is 0. The molecule has 6 heteroatoms. The summed E-state index contributed by atoms with van der Waals surface area (Å²) in [7, 11) is 0. The number of unbranched alkanes of at least 4 members (excludes halogenated alkanes) is 14. The second-order valence-corrected chi connectivity index (χ2v) is 12.6. The summed E-state index contributed by atoms with van der Waals surface area (Å²) >= 11 is 0. The van der Waals surface area contributed by atoms with Crippen molar-refractivity contribution in [2.45, 2.75) is 174 Å². The van der Waals surface area contributed by atoms with Crippen molar-refractivity contribution in [3.63, 3.8) is 0 Å². The number of hydrogen-bond donors (Lipinski definition) is 2. The highest BCUT2D eigenvalue weighted by Crippen LogP contribution is 2.14. The minimum absolute atomic E-state index is 0.142. The van der Waals surface area contributed by atoms with E-state index in [-0.39, 0.29) is 25.2 Å². The van der Waals surface area contributed by atoms with Gasteiger partial charge in [-0.2, -0.15) is 0 Å². The Morgan fingerprint density at radius 3 is 1.52 bits per heavy atom. The number of rotatable bonds is 31. The van der Waals surface area contributed by atoms with Crippen LogP contribution in [-0.2, 0) is 19.1 Å². The number of ether oxygens (including phenoxy) is 2. The van der Waals surface area contributed by atoms with Gasteiger partial charge in [0, 0.05) is 12.8 Å². The van der Waals surface area contributed by atoms with Gasteiger partial charge in [0.25, 0.3) is 0 Å². The Bertz CT molecular complexity index is 742. The van der Waals surface area contributed by atoms with Gasteiger partial charge in [0.15, 0.2) is 0 Å². The molecular formula is C38H68O6. The van der Waals surface area contributed by atoms with Gasteiger partial charge in [-0.1, -0.05) is 154 Å². The van der Waals surface area contributed by atoms with Gasteiger partial charge in [-0.3, -0.25) is 9.59 Å². The standard InChI is InChI=1S/C38H68O6/c1-4-5-6-7-13-18-23-28-35(39)29-24-19-16-21-26-31-38(42)44-33-36(40)32-43-37(41)30-25-20-15-12-10-8-9-11-14-17-22-27-34(2)3/h5-6,13,18,23,28,34-36,39-40H,4,7-12,14-17,19-22,24-27,29-33H2,1-3H3/b6-5+,18-13+,28-23+/t35?,36-/m0/s1. The van der Waals surface area contributed by atoms with Crippen molar-refractivity contribution in [3.8, 4) is 0 Å². The van der Waals surface area contributed by atoms with Crippen LogP contribution in [0.4, 0.5) is 0 Å². The fourth-order valence-corrected chi connectivity index (χ4v) is 4.92. The lowest BCUT2D eigenvalue weighted by molar-refractivity contribution is -0.152. The van der Waals surface area contributed by atoms with Gasteiger partial charge in [-0.15, -0.1) is 0 Å². The summed E-state index contributed by atoms with van der Waals surface area (Å²) in [6.07, 6.45) is 33.6. The van der Waals surface area contributed by atoms with Gasteiger partial charge in [0.2, 0.25) is 0 Å². The van der Waals surface area contributed by atoms with Gasteiger partial charge in [0.05, 0.1) is 6.10 Å². The minimum Gasteiger partial charge on any atom is -0.463 e. The van der Waals surface area contributed by atoms with Crippen LogP contribution in [0.2, 0.25) is 0 Å². The van der Waals surface area contributed by atoms with Gasteiger partial charge in [-0.05, 0) is 38.0 Å². The second-order valence-electron chi connectivity index (χ2n) is 12.6. The van der Waals surface area contributed by atoms with E-state index in [1.165, 1.54) is 57.8 Å². The van der Waals surface area contributed by atoms with Gasteiger partial charge in [0.1, 0.15) is 19.3 Å². The average Bonchev–Trinajstić information content (AvgIpc) is 3.00. The SMILES string of the molecule is CC/C=C/C/C=C/C=C/C(O)CCCCCCCC(=O)OC[C@@H](O)COC(=O)CCCCCCCCCCCCCC(C)C. The van der Waals surface area contributed by atoms with Gasteiger partial charge < -0.3 is 19.7 Å². The molecule has 0 aromatic carbocycles. The molecule has 0 radical (unpaired) electrons.